The van der Waals surface area contributed by atoms with E-state index in [-0.39, 0.29) is 36.9 Å². The van der Waals surface area contributed by atoms with E-state index < -0.39 is 6.10 Å². The number of aliphatic hydroxyl groups excluding tert-OH is 2. The Labute approximate surface area is 183 Å². The van der Waals surface area contributed by atoms with Crippen LogP contribution >= 0.6 is 11.6 Å². The molecule has 0 spiro atoms. The summed E-state index contributed by atoms with van der Waals surface area (Å²) in [6.45, 7) is 0.810. The standard InChI is InChI=1S/C23H23ClN2O5/c24-14-7-15-16(8-19(25-15)31-18-10-30-21-17(28)9-29-22(18)21)26-20(14)12-1-3-13(4-2-12)23(11-27)5-6-23/h1-4,7-8,17-18,21-22,25,27-28H,5-6,9-11H2/t17-,18+,21?,22+/m0/s1. The molecular formula is C23H23ClN2O5. The first-order chi connectivity index (χ1) is 15.1. The number of aliphatic hydroxyl groups is 2. The SMILES string of the molecule is OCC1(c2ccc(-c3nc4cc(O[C@@H]5COC6[C@@H](O)CO[C@@H]65)[nH]c4cc3Cl)cc2)CC1. The lowest BCUT2D eigenvalue weighted by Gasteiger charge is -2.16. The van der Waals surface area contributed by atoms with Gasteiger partial charge in [-0.1, -0.05) is 35.9 Å². The number of hydrogen-bond donors (Lipinski definition) is 3. The highest BCUT2D eigenvalue weighted by Gasteiger charge is 2.48. The Balaban J connectivity index is 1.26. The average molecular weight is 443 g/mol. The molecule has 3 fully saturated rings. The van der Waals surface area contributed by atoms with Crippen LogP contribution in [0, 0.1) is 0 Å². The number of halogens is 1. The van der Waals surface area contributed by atoms with Crippen molar-refractivity contribution in [3.63, 3.8) is 0 Å². The second kappa shape index (κ2) is 7.18. The molecule has 2 aromatic heterocycles. The van der Waals surface area contributed by atoms with Gasteiger partial charge in [0.2, 0.25) is 0 Å². The van der Waals surface area contributed by atoms with Crippen molar-refractivity contribution in [2.75, 3.05) is 19.8 Å². The molecule has 1 aromatic carbocycles. The Morgan fingerprint density at radius 1 is 1.13 bits per heavy atom. The maximum atomic E-state index is 9.90. The number of aromatic nitrogens is 2. The van der Waals surface area contributed by atoms with Crippen molar-refractivity contribution in [3.05, 3.63) is 47.0 Å². The molecule has 3 N–H and O–H groups in total. The van der Waals surface area contributed by atoms with Crippen molar-refractivity contribution in [1.82, 2.24) is 9.97 Å². The first-order valence-corrected chi connectivity index (χ1v) is 10.9. The van der Waals surface area contributed by atoms with Crippen LogP contribution in [0.4, 0.5) is 0 Å². The van der Waals surface area contributed by atoms with Crippen LogP contribution in [0.3, 0.4) is 0 Å². The zero-order valence-electron chi connectivity index (χ0n) is 16.8. The van der Waals surface area contributed by atoms with E-state index in [1.54, 1.807) is 0 Å². The highest BCUT2D eigenvalue weighted by Crippen LogP contribution is 2.48. The van der Waals surface area contributed by atoms with Gasteiger partial charge in [-0.05, 0) is 24.5 Å². The highest BCUT2D eigenvalue weighted by molar-refractivity contribution is 6.33. The van der Waals surface area contributed by atoms with Crippen LogP contribution in [0.15, 0.2) is 36.4 Å². The Morgan fingerprint density at radius 3 is 2.65 bits per heavy atom. The highest BCUT2D eigenvalue weighted by atomic mass is 35.5. The summed E-state index contributed by atoms with van der Waals surface area (Å²) in [5.41, 5.74) is 4.25. The zero-order chi connectivity index (χ0) is 21.2. The van der Waals surface area contributed by atoms with Gasteiger partial charge in [0.25, 0.3) is 0 Å². The average Bonchev–Trinajstić information content (AvgIpc) is 3.12. The molecule has 8 heteroatoms. The minimum atomic E-state index is -0.608. The first kappa shape index (κ1) is 19.5. The lowest BCUT2D eigenvalue weighted by atomic mass is 9.95. The number of benzene rings is 1. The number of hydrogen-bond acceptors (Lipinski definition) is 6. The fourth-order valence-electron chi connectivity index (χ4n) is 4.65. The van der Waals surface area contributed by atoms with Crippen molar-refractivity contribution in [2.45, 2.75) is 42.7 Å². The van der Waals surface area contributed by atoms with Gasteiger partial charge in [0, 0.05) is 17.0 Å². The molecule has 3 aromatic rings. The van der Waals surface area contributed by atoms with E-state index in [0.29, 0.717) is 23.2 Å². The monoisotopic (exact) mass is 442 g/mol. The summed E-state index contributed by atoms with van der Waals surface area (Å²) in [6.07, 6.45) is 0.537. The van der Waals surface area contributed by atoms with Crippen LogP contribution in [0.5, 0.6) is 5.88 Å². The smallest absolute Gasteiger partial charge is 0.193 e. The lowest BCUT2D eigenvalue weighted by Crippen LogP contribution is -2.34. The van der Waals surface area contributed by atoms with Crippen molar-refractivity contribution >= 4 is 22.6 Å². The number of H-pyrrole nitrogens is 1. The van der Waals surface area contributed by atoms with E-state index in [0.717, 1.165) is 35.0 Å². The largest absolute Gasteiger partial charge is 0.470 e. The molecule has 1 saturated carbocycles. The van der Waals surface area contributed by atoms with Gasteiger partial charge in [0.1, 0.15) is 18.3 Å². The zero-order valence-corrected chi connectivity index (χ0v) is 17.5. The Hall–Kier alpha value is -2.16. The minimum absolute atomic E-state index is 0.0609. The van der Waals surface area contributed by atoms with E-state index in [1.807, 2.05) is 24.3 Å². The third-order valence-electron chi connectivity index (χ3n) is 6.72. The van der Waals surface area contributed by atoms with Gasteiger partial charge in [-0.2, -0.15) is 0 Å². The van der Waals surface area contributed by atoms with Gasteiger partial charge in [-0.25, -0.2) is 4.98 Å². The van der Waals surface area contributed by atoms with E-state index >= 15 is 0 Å². The molecule has 0 amide bonds. The molecule has 1 unspecified atom stereocenters. The van der Waals surface area contributed by atoms with Gasteiger partial charge < -0.3 is 29.4 Å². The molecular weight excluding hydrogens is 420 g/mol. The minimum Gasteiger partial charge on any atom is -0.470 e. The second-order valence-corrected chi connectivity index (χ2v) is 9.13. The summed E-state index contributed by atoms with van der Waals surface area (Å²) < 4.78 is 17.3. The summed E-state index contributed by atoms with van der Waals surface area (Å²) in [4.78, 5) is 7.96. The topological polar surface area (TPSA) is 96.8 Å². The Bertz CT molecular complexity index is 1130. The van der Waals surface area contributed by atoms with Gasteiger partial charge in [-0.3, -0.25) is 0 Å². The molecule has 0 bridgehead atoms. The number of rotatable bonds is 5. The predicted octanol–water partition coefficient (Wildman–Crippen LogP) is 2.81. The van der Waals surface area contributed by atoms with Gasteiger partial charge >= 0.3 is 0 Å². The number of nitrogens with zero attached hydrogens (tertiary/aromatic N) is 1. The summed E-state index contributed by atoms with van der Waals surface area (Å²) in [6, 6.07) is 11.8. The lowest BCUT2D eigenvalue weighted by molar-refractivity contribution is 0.00794. The molecule has 4 atom stereocenters. The second-order valence-electron chi connectivity index (χ2n) is 8.72. The third-order valence-corrected chi connectivity index (χ3v) is 7.01. The Kier molecular flexibility index (Phi) is 4.52. The van der Waals surface area contributed by atoms with Gasteiger partial charge in [-0.15, -0.1) is 0 Å². The van der Waals surface area contributed by atoms with Crippen molar-refractivity contribution in [3.8, 4) is 17.1 Å². The normalized spacial score (nSPS) is 28.7. The van der Waals surface area contributed by atoms with Gasteiger partial charge in [0.15, 0.2) is 12.0 Å². The number of nitrogens with one attached hydrogen (secondary N) is 1. The van der Waals surface area contributed by atoms with E-state index in [2.05, 4.69) is 17.1 Å². The number of fused-ring (bicyclic) bond motifs is 2. The molecule has 7 nitrogen and oxygen atoms in total. The first-order valence-electron chi connectivity index (χ1n) is 10.6. The maximum Gasteiger partial charge on any atom is 0.193 e. The summed E-state index contributed by atoms with van der Waals surface area (Å²) >= 11 is 6.54. The number of ether oxygens (including phenoxy) is 3. The van der Waals surface area contributed by atoms with E-state index in [9.17, 15) is 10.2 Å². The van der Waals surface area contributed by atoms with Crippen LogP contribution in [0.25, 0.3) is 22.3 Å². The van der Waals surface area contributed by atoms with Crippen LogP contribution < -0.4 is 4.74 Å². The van der Waals surface area contributed by atoms with E-state index in [1.165, 1.54) is 0 Å². The summed E-state index contributed by atoms with van der Waals surface area (Å²) in [5, 5.41) is 20.1. The molecule has 3 aliphatic rings. The number of pyridine rings is 1. The van der Waals surface area contributed by atoms with Crippen LogP contribution in [-0.2, 0) is 14.9 Å². The molecule has 0 radical (unpaired) electrons. The molecule has 1 aliphatic carbocycles. The summed E-state index contributed by atoms with van der Waals surface area (Å²) in [7, 11) is 0. The third kappa shape index (κ3) is 3.23. The summed E-state index contributed by atoms with van der Waals surface area (Å²) in [5.74, 6) is 0.559. The fraction of sp³-hybridized carbons (Fsp3) is 0.435. The Morgan fingerprint density at radius 2 is 1.90 bits per heavy atom. The molecule has 2 aliphatic heterocycles. The van der Waals surface area contributed by atoms with Crippen LogP contribution in [0.1, 0.15) is 18.4 Å². The fourth-order valence-corrected chi connectivity index (χ4v) is 4.91. The molecule has 4 heterocycles. The van der Waals surface area contributed by atoms with Gasteiger partial charge in [0.05, 0.1) is 41.6 Å². The van der Waals surface area contributed by atoms with Crippen LogP contribution in [-0.4, -0.2) is 64.4 Å². The molecule has 162 valence electrons. The molecule has 31 heavy (non-hydrogen) atoms. The quantitative estimate of drug-likeness (QED) is 0.562. The van der Waals surface area contributed by atoms with Crippen molar-refractivity contribution in [1.29, 1.82) is 0 Å². The van der Waals surface area contributed by atoms with E-state index in [4.69, 9.17) is 30.8 Å². The number of aromatic amines is 1. The van der Waals surface area contributed by atoms with Crippen molar-refractivity contribution in [2.24, 2.45) is 0 Å². The van der Waals surface area contributed by atoms with Crippen LogP contribution in [0.2, 0.25) is 5.02 Å². The molecule has 2 saturated heterocycles. The predicted molar refractivity (Wildman–Crippen MR) is 114 cm³/mol. The molecule has 6 rings (SSSR count). The maximum absolute atomic E-state index is 9.90. The van der Waals surface area contributed by atoms with Crippen molar-refractivity contribution < 1.29 is 24.4 Å².